The maximum Gasteiger partial charge on any atom is 0.0628 e. The molecule has 0 aromatic heterocycles. The summed E-state index contributed by atoms with van der Waals surface area (Å²) in [6.45, 7) is 8.09. The first-order valence-electron chi connectivity index (χ1n) is 3.96. The normalized spacial score (nSPS) is 22.4. The second-order valence-corrected chi connectivity index (χ2v) is 5.60. The van der Waals surface area contributed by atoms with Crippen LogP contribution in [0.25, 0.3) is 0 Å². The molecule has 68 valence electrons. The Balaban J connectivity index is 3.66. The van der Waals surface area contributed by atoms with Crippen LogP contribution in [0.1, 0.15) is 27.7 Å². The lowest BCUT2D eigenvalue weighted by molar-refractivity contribution is 0.196. The van der Waals surface area contributed by atoms with Crippen molar-refractivity contribution in [2.45, 2.75) is 49.5 Å². The first kappa shape index (κ1) is 11.7. The highest BCUT2D eigenvalue weighted by Gasteiger charge is 2.15. The fraction of sp³-hybridized carbons (Fsp3) is 1.00. The second kappa shape index (κ2) is 5.33. The number of hydrogen-bond acceptors (Lipinski definition) is 3. The lowest BCUT2D eigenvalue weighted by atomic mass is 10.3. The zero-order chi connectivity index (χ0) is 9.02. The van der Waals surface area contributed by atoms with Crippen LogP contribution in [0.5, 0.6) is 0 Å². The molecule has 0 aromatic rings. The molecule has 11 heavy (non-hydrogen) atoms. The van der Waals surface area contributed by atoms with Crippen molar-refractivity contribution in [3.05, 3.63) is 0 Å². The SMILES string of the molecule is CC(O)C(C)SC(C)C(C)S. The van der Waals surface area contributed by atoms with Gasteiger partial charge in [-0.15, -0.1) is 0 Å². The molecule has 0 heterocycles. The zero-order valence-electron chi connectivity index (χ0n) is 7.61. The third-order valence-corrected chi connectivity index (χ3v) is 4.10. The van der Waals surface area contributed by atoms with Crippen LogP contribution in [0.4, 0.5) is 0 Å². The molecule has 3 heteroatoms. The molecular formula is C8H18OS2. The van der Waals surface area contributed by atoms with Gasteiger partial charge in [0.2, 0.25) is 0 Å². The Bertz CT molecular complexity index is 92.3. The molecule has 0 saturated heterocycles. The summed E-state index contributed by atoms with van der Waals surface area (Å²) in [4.78, 5) is 0. The molecule has 0 rings (SSSR count). The first-order chi connectivity index (χ1) is 4.95. The Morgan fingerprint density at radius 1 is 1.09 bits per heavy atom. The Labute approximate surface area is 79.4 Å². The van der Waals surface area contributed by atoms with Crippen LogP contribution in [0, 0.1) is 0 Å². The summed E-state index contributed by atoms with van der Waals surface area (Å²) in [5, 5.41) is 10.4. The summed E-state index contributed by atoms with van der Waals surface area (Å²) in [6.07, 6.45) is -0.227. The Morgan fingerprint density at radius 3 is 1.82 bits per heavy atom. The predicted octanol–water partition coefficient (Wildman–Crippen LogP) is 2.20. The molecule has 0 fully saturated rings. The number of thioether (sulfide) groups is 1. The van der Waals surface area contributed by atoms with Gasteiger partial charge in [-0.1, -0.05) is 20.8 Å². The third-order valence-electron chi connectivity index (χ3n) is 1.79. The molecule has 0 amide bonds. The van der Waals surface area contributed by atoms with E-state index in [4.69, 9.17) is 0 Å². The van der Waals surface area contributed by atoms with E-state index < -0.39 is 0 Å². The monoisotopic (exact) mass is 194 g/mol. The molecule has 0 radical (unpaired) electrons. The van der Waals surface area contributed by atoms with Crippen molar-refractivity contribution in [2.75, 3.05) is 0 Å². The van der Waals surface area contributed by atoms with Crippen LogP contribution in [0.3, 0.4) is 0 Å². The zero-order valence-corrected chi connectivity index (χ0v) is 9.32. The minimum Gasteiger partial charge on any atom is -0.392 e. The topological polar surface area (TPSA) is 20.2 Å². The van der Waals surface area contributed by atoms with E-state index in [2.05, 4.69) is 26.5 Å². The lowest BCUT2D eigenvalue weighted by Crippen LogP contribution is -2.21. The van der Waals surface area contributed by atoms with Crippen molar-refractivity contribution in [3.8, 4) is 0 Å². The van der Waals surface area contributed by atoms with Crippen molar-refractivity contribution in [1.29, 1.82) is 0 Å². The second-order valence-electron chi connectivity index (χ2n) is 3.03. The van der Waals surface area contributed by atoms with E-state index >= 15 is 0 Å². The van der Waals surface area contributed by atoms with E-state index in [1.807, 2.05) is 13.8 Å². The summed E-state index contributed by atoms with van der Waals surface area (Å²) in [7, 11) is 0. The fourth-order valence-corrected chi connectivity index (χ4v) is 1.91. The summed E-state index contributed by atoms with van der Waals surface area (Å²) in [6, 6.07) is 0. The van der Waals surface area contributed by atoms with Crippen LogP contribution in [-0.4, -0.2) is 27.0 Å². The molecule has 0 aliphatic carbocycles. The lowest BCUT2D eigenvalue weighted by Gasteiger charge is -2.21. The third kappa shape index (κ3) is 4.99. The highest BCUT2D eigenvalue weighted by Crippen LogP contribution is 2.24. The molecule has 1 N–H and O–H groups in total. The van der Waals surface area contributed by atoms with E-state index in [0.717, 1.165) is 0 Å². The summed E-state index contributed by atoms with van der Waals surface area (Å²) < 4.78 is 0. The molecule has 1 nitrogen and oxygen atoms in total. The van der Waals surface area contributed by atoms with E-state index in [1.165, 1.54) is 0 Å². The summed E-state index contributed by atoms with van der Waals surface area (Å²) >= 11 is 6.12. The van der Waals surface area contributed by atoms with Crippen LogP contribution in [-0.2, 0) is 0 Å². The average molecular weight is 194 g/mol. The van der Waals surface area contributed by atoms with E-state index in [9.17, 15) is 5.11 Å². The van der Waals surface area contributed by atoms with E-state index in [1.54, 1.807) is 11.8 Å². The number of hydrogen-bond donors (Lipinski definition) is 2. The maximum absolute atomic E-state index is 9.21. The van der Waals surface area contributed by atoms with Gasteiger partial charge in [0.15, 0.2) is 0 Å². The van der Waals surface area contributed by atoms with Gasteiger partial charge in [-0.05, 0) is 6.92 Å². The van der Waals surface area contributed by atoms with Crippen LogP contribution in [0.2, 0.25) is 0 Å². The van der Waals surface area contributed by atoms with Crippen molar-refractivity contribution >= 4 is 24.4 Å². The molecule has 0 aromatic carbocycles. The fourth-order valence-electron chi connectivity index (χ4n) is 0.566. The average Bonchev–Trinajstić information content (AvgIpc) is 1.87. The first-order valence-corrected chi connectivity index (χ1v) is 5.42. The molecular weight excluding hydrogens is 176 g/mol. The van der Waals surface area contributed by atoms with Crippen molar-refractivity contribution in [1.82, 2.24) is 0 Å². The highest BCUT2D eigenvalue weighted by molar-refractivity contribution is 8.01. The molecule has 4 atom stereocenters. The largest absolute Gasteiger partial charge is 0.392 e. The van der Waals surface area contributed by atoms with E-state index in [0.29, 0.717) is 15.7 Å². The Hall–Kier alpha value is 0.660. The van der Waals surface area contributed by atoms with Gasteiger partial charge >= 0.3 is 0 Å². The minimum absolute atomic E-state index is 0.227. The molecule has 0 spiro atoms. The number of aliphatic hydroxyl groups excluding tert-OH is 1. The van der Waals surface area contributed by atoms with Crippen molar-refractivity contribution < 1.29 is 5.11 Å². The molecule has 0 aliphatic rings. The standard InChI is InChI=1S/C8H18OS2/c1-5(9)7(3)11-8(4)6(2)10/h5-10H,1-4H3. The number of thiol groups is 1. The molecule has 4 unspecified atom stereocenters. The van der Waals surface area contributed by atoms with Gasteiger partial charge in [0.25, 0.3) is 0 Å². The van der Waals surface area contributed by atoms with Gasteiger partial charge in [-0.2, -0.15) is 24.4 Å². The Kier molecular flexibility index (Phi) is 5.65. The summed E-state index contributed by atoms with van der Waals surface area (Å²) in [5.74, 6) is 0. The highest BCUT2D eigenvalue weighted by atomic mass is 32.2. The maximum atomic E-state index is 9.21. The molecule has 0 saturated carbocycles. The number of rotatable bonds is 4. The van der Waals surface area contributed by atoms with Crippen molar-refractivity contribution in [2.24, 2.45) is 0 Å². The van der Waals surface area contributed by atoms with Gasteiger partial charge in [-0.3, -0.25) is 0 Å². The predicted molar refractivity (Wildman–Crippen MR) is 56.6 cm³/mol. The number of aliphatic hydroxyl groups is 1. The van der Waals surface area contributed by atoms with Gasteiger partial charge in [0, 0.05) is 15.7 Å². The summed E-state index contributed by atoms with van der Waals surface area (Å²) in [5.41, 5.74) is 0. The van der Waals surface area contributed by atoms with Gasteiger partial charge < -0.3 is 5.11 Å². The quantitative estimate of drug-likeness (QED) is 0.669. The van der Waals surface area contributed by atoms with Gasteiger partial charge in [-0.25, -0.2) is 0 Å². The van der Waals surface area contributed by atoms with E-state index in [-0.39, 0.29) is 6.10 Å². The van der Waals surface area contributed by atoms with Crippen LogP contribution in [0.15, 0.2) is 0 Å². The van der Waals surface area contributed by atoms with Crippen LogP contribution >= 0.6 is 24.4 Å². The Morgan fingerprint density at radius 2 is 1.55 bits per heavy atom. The smallest absolute Gasteiger partial charge is 0.0628 e. The molecule has 0 bridgehead atoms. The van der Waals surface area contributed by atoms with Gasteiger partial charge in [0.1, 0.15) is 0 Å². The van der Waals surface area contributed by atoms with Crippen molar-refractivity contribution in [3.63, 3.8) is 0 Å². The molecule has 0 aliphatic heterocycles. The minimum atomic E-state index is -0.227. The van der Waals surface area contributed by atoms with Gasteiger partial charge in [0.05, 0.1) is 6.10 Å². The van der Waals surface area contributed by atoms with Crippen LogP contribution < -0.4 is 0 Å².